The number of hydrogen-bond donors (Lipinski definition) is 1. The minimum absolute atomic E-state index is 0.233. The molecule has 152 valence electrons. The van der Waals surface area contributed by atoms with Crippen molar-refractivity contribution in [1.82, 2.24) is 14.8 Å². The van der Waals surface area contributed by atoms with Crippen molar-refractivity contribution in [2.24, 2.45) is 13.0 Å². The zero-order chi connectivity index (χ0) is 19.7. The van der Waals surface area contributed by atoms with Gasteiger partial charge in [0.15, 0.2) is 0 Å². The van der Waals surface area contributed by atoms with E-state index >= 15 is 0 Å². The van der Waals surface area contributed by atoms with Gasteiger partial charge in [-0.25, -0.2) is 0 Å². The Labute approximate surface area is 169 Å². The van der Waals surface area contributed by atoms with Crippen LogP contribution in [0.25, 0.3) is 10.9 Å². The van der Waals surface area contributed by atoms with Gasteiger partial charge in [-0.15, -0.1) is 0 Å². The average Bonchev–Trinajstić information content (AvgIpc) is 3.01. The molecule has 2 aromatic rings. The van der Waals surface area contributed by atoms with Crippen molar-refractivity contribution in [3.8, 4) is 0 Å². The van der Waals surface area contributed by atoms with Gasteiger partial charge in [-0.3, -0.25) is 4.79 Å². The Morgan fingerprint density at radius 3 is 2.89 bits per heavy atom. The summed E-state index contributed by atoms with van der Waals surface area (Å²) in [6.45, 7) is 4.10. The van der Waals surface area contributed by atoms with E-state index in [0.29, 0.717) is 24.3 Å². The third-order valence-corrected chi connectivity index (χ3v) is 6.96. The largest absolute Gasteiger partial charge is 0.356 e. The van der Waals surface area contributed by atoms with E-state index in [1.54, 1.807) is 0 Å². The number of nitrogens with one attached hydrogen (secondary N) is 1. The highest BCUT2D eigenvalue weighted by Gasteiger charge is 2.39. The van der Waals surface area contributed by atoms with Crippen LogP contribution in [0.5, 0.6) is 0 Å². The lowest BCUT2D eigenvalue weighted by atomic mass is 9.72. The summed E-state index contributed by atoms with van der Waals surface area (Å²) in [5, 5.41) is 4.71. The van der Waals surface area contributed by atoms with Crippen molar-refractivity contribution in [3.05, 3.63) is 35.5 Å². The lowest BCUT2D eigenvalue weighted by Gasteiger charge is -2.45. The number of likely N-dealkylation sites (N-methyl/N-ethyl adjacent to an activating group) is 1. The first kappa shape index (κ1) is 19.5. The molecule has 1 aromatic heterocycles. The Hall–Kier alpha value is -1.81. The van der Waals surface area contributed by atoms with Crippen molar-refractivity contribution in [3.63, 3.8) is 0 Å². The standard InChI is InChI=1S/C24H35N3O/c1-4-5-6-7-11-23(28)25-14-17-12-20-19-9-8-10-21-24(19)18(16-27(21)3)13-22(20)26(2)15-17/h8-10,16-17,20,22H,4-7,11-15H2,1-3H3,(H,25,28)/t17-,20+,22+/m0/s1. The van der Waals surface area contributed by atoms with Gasteiger partial charge in [-0.1, -0.05) is 38.3 Å². The second kappa shape index (κ2) is 8.28. The lowest BCUT2D eigenvalue weighted by molar-refractivity contribution is -0.121. The predicted molar refractivity (Wildman–Crippen MR) is 116 cm³/mol. The van der Waals surface area contributed by atoms with Crippen LogP contribution >= 0.6 is 0 Å². The monoisotopic (exact) mass is 381 g/mol. The first-order chi connectivity index (χ1) is 13.6. The minimum atomic E-state index is 0.233. The topological polar surface area (TPSA) is 37.3 Å². The molecule has 28 heavy (non-hydrogen) atoms. The fourth-order valence-corrected chi connectivity index (χ4v) is 5.54. The Morgan fingerprint density at radius 2 is 2.07 bits per heavy atom. The van der Waals surface area contributed by atoms with Crippen LogP contribution in [0.3, 0.4) is 0 Å². The molecule has 4 heteroatoms. The lowest BCUT2D eigenvalue weighted by Crippen LogP contribution is -2.50. The molecule has 1 saturated heterocycles. The third kappa shape index (κ3) is 3.71. The number of piperidine rings is 1. The van der Waals surface area contributed by atoms with E-state index in [0.717, 1.165) is 25.9 Å². The molecule has 2 aliphatic rings. The van der Waals surface area contributed by atoms with Gasteiger partial charge in [0.1, 0.15) is 0 Å². The highest BCUT2D eigenvalue weighted by Crippen LogP contribution is 2.44. The highest BCUT2D eigenvalue weighted by atomic mass is 16.1. The number of rotatable bonds is 7. The number of carbonyl (C=O) groups is 1. The van der Waals surface area contributed by atoms with Gasteiger partial charge in [-0.05, 0) is 49.4 Å². The average molecular weight is 382 g/mol. The van der Waals surface area contributed by atoms with Crippen LogP contribution in [0.4, 0.5) is 0 Å². The fraction of sp³-hybridized carbons (Fsp3) is 0.625. The van der Waals surface area contributed by atoms with Gasteiger partial charge in [-0.2, -0.15) is 0 Å². The summed E-state index contributed by atoms with van der Waals surface area (Å²) in [7, 11) is 4.43. The predicted octanol–water partition coefficient (Wildman–Crippen LogP) is 4.22. The second-order valence-corrected chi connectivity index (χ2v) is 9.04. The SMILES string of the molecule is CCCCCCC(=O)NC[C@@H]1C[C@@H]2c3cccc4c3c(cn4C)C[C@H]2N(C)C1. The summed E-state index contributed by atoms with van der Waals surface area (Å²) in [6, 6.07) is 7.38. The molecule has 4 nitrogen and oxygen atoms in total. The van der Waals surface area contributed by atoms with Crippen LogP contribution in [0.15, 0.2) is 24.4 Å². The number of hydrogen-bond acceptors (Lipinski definition) is 2. The summed E-state index contributed by atoms with van der Waals surface area (Å²) in [6.07, 6.45) is 9.97. The Bertz CT molecular complexity index is 840. The van der Waals surface area contributed by atoms with Crippen molar-refractivity contribution in [2.45, 2.75) is 63.8 Å². The van der Waals surface area contributed by atoms with E-state index in [9.17, 15) is 4.79 Å². The van der Waals surface area contributed by atoms with E-state index < -0.39 is 0 Å². The van der Waals surface area contributed by atoms with Crippen LogP contribution < -0.4 is 5.32 Å². The van der Waals surface area contributed by atoms with Gasteiger partial charge in [0.25, 0.3) is 0 Å². The van der Waals surface area contributed by atoms with Crippen LogP contribution in [0, 0.1) is 5.92 Å². The van der Waals surface area contributed by atoms with Crippen LogP contribution in [-0.2, 0) is 18.3 Å². The van der Waals surface area contributed by atoms with Crippen LogP contribution in [0.1, 0.15) is 62.5 Å². The molecule has 0 spiro atoms. The first-order valence-electron chi connectivity index (χ1n) is 11.1. The Morgan fingerprint density at radius 1 is 1.21 bits per heavy atom. The maximum absolute atomic E-state index is 12.2. The first-order valence-corrected chi connectivity index (χ1v) is 11.1. The molecule has 1 N–H and O–H groups in total. The van der Waals surface area contributed by atoms with Gasteiger partial charge in [0.05, 0.1) is 0 Å². The summed E-state index contributed by atoms with van der Waals surface area (Å²) < 4.78 is 2.28. The Kier molecular flexibility index (Phi) is 5.77. The number of benzene rings is 1. The molecular formula is C24H35N3O. The zero-order valence-electron chi connectivity index (χ0n) is 17.7. The van der Waals surface area contributed by atoms with Gasteiger partial charge in [0, 0.05) is 55.6 Å². The van der Waals surface area contributed by atoms with Crippen molar-refractivity contribution >= 4 is 16.8 Å². The number of fused-ring (bicyclic) bond motifs is 2. The van der Waals surface area contributed by atoms with E-state index in [2.05, 4.69) is 60.2 Å². The molecule has 4 rings (SSSR count). The smallest absolute Gasteiger partial charge is 0.220 e. The summed E-state index contributed by atoms with van der Waals surface area (Å²) >= 11 is 0. The van der Waals surface area contributed by atoms with Gasteiger partial charge in [0.2, 0.25) is 5.91 Å². The van der Waals surface area contributed by atoms with Gasteiger partial charge < -0.3 is 14.8 Å². The zero-order valence-corrected chi connectivity index (χ0v) is 17.7. The number of unbranched alkanes of at least 4 members (excludes halogenated alkanes) is 3. The Balaban J connectivity index is 1.42. The summed E-state index contributed by atoms with van der Waals surface area (Å²) in [5.74, 6) is 1.34. The molecule has 0 radical (unpaired) electrons. The number of nitrogens with zero attached hydrogens (tertiary/aromatic N) is 2. The molecular weight excluding hydrogens is 346 g/mol. The van der Waals surface area contributed by atoms with Gasteiger partial charge >= 0.3 is 0 Å². The van der Waals surface area contributed by atoms with Crippen molar-refractivity contribution in [1.29, 1.82) is 0 Å². The molecule has 1 fully saturated rings. The number of carbonyl (C=O) groups excluding carboxylic acids is 1. The number of aromatic nitrogens is 1. The van der Waals surface area contributed by atoms with E-state index in [1.165, 1.54) is 47.7 Å². The van der Waals surface area contributed by atoms with E-state index in [4.69, 9.17) is 0 Å². The number of aryl methyl sites for hydroxylation is 1. The van der Waals surface area contributed by atoms with E-state index in [-0.39, 0.29) is 5.91 Å². The second-order valence-electron chi connectivity index (χ2n) is 9.04. The molecule has 1 aliphatic carbocycles. The molecule has 0 unspecified atom stereocenters. The fourth-order valence-electron chi connectivity index (χ4n) is 5.54. The molecule has 1 aromatic carbocycles. The maximum atomic E-state index is 12.2. The molecule has 1 amide bonds. The number of likely N-dealkylation sites (tertiary alicyclic amines) is 1. The van der Waals surface area contributed by atoms with E-state index in [1.807, 2.05) is 0 Å². The van der Waals surface area contributed by atoms with Crippen molar-refractivity contribution in [2.75, 3.05) is 20.1 Å². The third-order valence-electron chi connectivity index (χ3n) is 6.96. The summed E-state index contributed by atoms with van der Waals surface area (Å²) in [4.78, 5) is 14.7. The highest BCUT2D eigenvalue weighted by molar-refractivity contribution is 5.89. The molecule has 0 saturated carbocycles. The van der Waals surface area contributed by atoms with Crippen LogP contribution in [0.2, 0.25) is 0 Å². The summed E-state index contributed by atoms with van der Waals surface area (Å²) in [5.41, 5.74) is 4.38. The van der Waals surface area contributed by atoms with Crippen LogP contribution in [-0.4, -0.2) is 41.6 Å². The molecule has 1 aliphatic heterocycles. The number of amides is 1. The minimum Gasteiger partial charge on any atom is -0.356 e. The van der Waals surface area contributed by atoms with Crippen molar-refractivity contribution < 1.29 is 4.79 Å². The molecule has 0 bridgehead atoms. The quantitative estimate of drug-likeness (QED) is 0.729. The molecule has 2 heterocycles. The maximum Gasteiger partial charge on any atom is 0.220 e. The normalized spacial score (nSPS) is 24.3. The molecule has 3 atom stereocenters.